The number of carboxylic acids is 1. The minimum atomic E-state index is -1.28. The Morgan fingerprint density at radius 3 is 2.35 bits per heavy atom. The van der Waals surface area contributed by atoms with Gasteiger partial charge in [-0.15, -0.1) is 0 Å². The number of ether oxygens (including phenoxy) is 2. The van der Waals surface area contributed by atoms with Gasteiger partial charge in [0, 0.05) is 24.1 Å². The Balaban J connectivity index is 1.99. The molecule has 0 fully saturated rings. The van der Waals surface area contributed by atoms with E-state index >= 15 is 0 Å². The van der Waals surface area contributed by atoms with E-state index in [0.717, 1.165) is 11.6 Å². The van der Waals surface area contributed by atoms with Crippen LogP contribution in [0.4, 0.5) is 0 Å². The minimum absolute atomic E-state index is 0.00154. The first-order chi connectivity index (χ1) is 16.2. The largest absolute Gasteiger partial charge is 0.493 e. The molecule has 180 valence electrons. The highest BCUT2D eigenvalue weighted by molar-refractivity contribution is 5.96. The Morgan fingerprint density at radius 1 is 0.971 bits per heavy atom. The molecule has 0 spiro atoms. The summed E-state index contributed by atoms with van der Waals surface area (Å²) in [7, 11) is 3.08. The number of nitrogens with one attached hydrogen (secondary N) is 3. The van der Waals surface area contributed by atoms with Crippen molar-refractivity contribution in [2.45, 2.75) is 25.8 Å². The summed E-state index contributed by atoms with van der Waals surface area (Å²) in [6.45, 7) is 1.84. The molecule has 3 amide bonds. The molecule has 2 aromatic carbocycles. The Bertz CT molecular complexity index is 1080. The second kappa shape index (κ2) is 12.6. The lowest BCUT2D eigenvalue weighted by Crippen LogP contribution is -2.41. The molecule has 34 heavy (non-hydrogen) atoms. The van der Waals surface area contributed by atoms with E-state index in [1.54, 1.807) is 43.5 Å². The topological polar surface area (TPSA) is 143 Å². The van der Waals surface area contributed by atoms with Gasteiger partial charge in [-0.05, 0) is 42.7 Å². The molecule has 10 nitrogen and oxygen atoms in total. The van der Waals surface area contributed by atoms with Gasteiger partial charge in [0.25, 0.3) is 11.8 Å². The molecule has 2 aromatic rings. The van der Waals surface area contributed by atoms with E-state index in [0.29, 0.717) is 28.7 Å². The molecule has 0 radical (unpaired) electrons. The lowest BCUT2D eigenvalue weighted by Gasteiger charge is -2.18. The van der Waals surface area contributed by atoms with Crippen LogP contribution in [-0.2, 0) is 20.8 Å². The Kier molecular flexibility index (Phi) is 9.63. The third kappa shape index (κ3) is 7.66. The smallest absolute Gasteiger partial charge is 0.328 e. The number of carbonyl (C=O) groups is 4. The van der Waals surface area contributed by atoms with Crippen molar-refractivity contribution < 1.29 is 33.8 Å². The normalized spacial score (nSPS) is 11.4. The number of amides is 3. The molecule has 0 aliphatic rings. The van der Waals surface area contributed by atoms with Crippen LogP contribution in [0.3, 0.4) is 0 Å². The van der Waals surface area contributed by atoms with Gasteiger partial charge in [0.1, 0.15) is 0 Å². The van der Waals surface area contributed by atoms with Crippen molar-refractivity contribution >= 4 is 23.7 Å². The van der Waals surface area contributed by atoms with Crippen LogP contribution < -0.4 is 25.6 Å². The van der Waals surface area contributed by atoms with E-state index in [2.05, 4.69) is 16.2 Å². The Morgan fingerprint density at radius 2 is 1.68 bits per heavy atom. The maximum atomic E-state index is 12.9. The third-order valence-electron chi connectivity index (χ3n) is 4.84. The number of carbonyl (C=O) groups excluding carboxylic acids is 3. The lowest BCUT2D eigenvalue weighted by molar-refractivity contribution is -0.131. The Labute approximate surface area is 196 Å². The summed E-state index contributed by atoms with van der Waals surface area (Å²) in [6.07, 6.45) is 1.68. The molecule has 4 N–H and O–H groups in total. The van der Waals surface area contributed by atoms with E-state index in [1.807, 2.05) is 13.0 Å². The zero-order valence-corrected chi connectivity index (χ0v) is 19.1. The van der Waals surface area contributed by atoms with Gasteiger partial charge in [0.2, 0.25) is 5.91 Å². The van der Waals surface area contributed by atoms with Gasteiger partial charge in [0.15, 0.2) is 11.5 Å². The number of hydrogen-bond donors (Lipinski definition) is 4. The van der Waals surface area contributed by atoms with E-state index in [4.69, 9.17) is 14.6 Å². The lowest BCUT2D eigenvalue weighted by atomic mass is 10.0. The van der Waals surface area contributed by atoms with Crippen molar-refractivity contribution in [1.29, 1.82) is 0 Å². The molecular formula is C24H27N3O7. The number of hydrazine groups is 1. The number of benzene rings is 2. The number of aryl methyl sites for hydroxylation is 1. The predicted octanol–water partition coefficient (Wildman–Crippen LogP) is 1.92. The molecule has 0 saturated carbocycles. The molecule has 0 aromatic heterocycles. The van der Waals surface area contributed by atoms with Crippen molar-refractivity contribution in [1.82, 2.24) is 16.2 Å². The maximum Gasteiger partial charge on any atom is 0.328 e. The molecule has 0 aliphatic heterocycles. The second-order valence-electron chi connectivity index (χ2n) is 7.18. The van der Waals surface area contributed by atoms with Crippen molar-refractivity contribution in [3.8, 4) is 11.5 Å². The summed E-state index contributed by atoms with van der Waals surface area (Å²) < 4.78 is 10.6. The van der Waals surface area contributed by atoms with Crippen molar-refractivity contribution in [2.24, 2.45) is 0 Å². The SMILES string of the molecule is COc1ccc(C(C)NC(=O)c2ccccc2CCC(=O)NNC(=O)C=CC(=O)O)cc1OC. The number of methoxy groups -OCH3 is 2. The molecule has 10 heteroatoms. The zero-order valence-electron chi connectivity index (χ0n) is 19.1. The van der Waals surface area contributed by atoms with Crippen molar-refractivity contribution in [3.05, 3.63) is 71.3 Å². The van der Waals surface area contributed by atoms with Crippen LogP contribution >= 0.6 is 0 Å². The van der Waals surface area contributed by atoms with Crippen LogP contribution in [0.5, 0.6) is 11.5 Å². The van der Waals surface area contributed by atoms with Gasteiger partial charge in [-0.1, -0.05) is 24.3 Å². The van der Waals surface area contributed by atoms with Crippen LogP contribution in [-0.4, -0.2) is 43.0 Å². The summed E-state index contributed by atoms with van der Waals surface area (Å²) in [5.74, 6) is -1.71. The second-order valence-corrected chi connectivity index (χ2v) is 7.18. The van der Waals surface area contributed by atoms with Gasteiger partial charge >= 0.3 is 5.97 Å². The molecular weight excluding hydrogens is 442 g/mol. The molecule has 0 saturated heterocycles. The first-order valence-electron chi connectivity index (χ1n) is 10.4. The van der Waals surface area contributed by atoms with Crippen LogP contribution in [0, 0.1) is 0 Å². The van der Waals surface area contributed by atoms with Crippen LogP contribution in [0.15, 0.2) is 54.6 Å². The molecule has 2 rings (SSSR count). The van der Waals surface area contributed by atoms with Crippen molar-refractivity contribution in [3.63, 3.8) is 0 Å². The van der Waals surface area contributed by atoms with Gasteiger partial charge in [-0.2, -0.15) is 0 Å². The van der Waals surface area contributed by atoms with Crippen LogP contribution in [0.1, 0.15) is 40.9 Å². The summed E-state index contributed by atoms with van der Waals surface area (Å²) in [6, 6.07) is 12.0. The standard InChI is InChI=1S/C24H27N3O7/c1-15(17-8-10-19(33-2)20(14-17)34-3)25-24(32)18-7-5-4-6-16(18)9-11-21(28)26-27-22(29)12-13-23(30)31/h4-8,10,12-15H,9,11H2,1-3H3,(H,25,32)(H,26,28)(H,27,29)(H,30,31). The summed E-state index contributed by atoms with van der Waals surface area (Å²) >= 11 is 0. The van der Waals surface area contributed by atoms with E-state index in [9.17, 15) is 19.2 Å². The predicted molar refractivity (Wildman–Crippen MR) is 123 cm³/mol. The first kappa shape index (κ1) is 25.9. The minimum Gasteiger partial charge on any atom is -0.493 e. The zero-order chi connectivity index (χ0) is 25.1. The fourth-order valence-corrected chi connectivity index (χ4v) is 3.07. The number of aliphatic carboxylic acids is 1. The number of carboxylic acid groups (broad SMARTS) is 1. The number of rotatable bonds is 10. The molecule has 0 bridgehead atoms. The van der Waals surface area contributed by atoms with Gasteiger partial charge in [-0.25, -0.2) is 4.79 Å². The molecule has 0 heterocycles. The van der Waals surface area contributed by atoms with Gasteiger partial charge in [-0.3, -0.25) is 25.2 Å². The highest BCUT2D eigenvalue weighted by Gasteiger charge is 2.17. The highest BCUT2D eigenvalue weighted by Crippen LogP contribution is 2.30. The fraction of sp³-hybridized carbons (Fsp3) is 0.250. The van der Waals surface area contributed by atoms with Crippen LogP contribution in [0.2, 0.25) is 0 Å². The highest BCUT2D eigenvalue weighted by atomic mass is 16.5. The molecule has 1 unspecified atom stereocenters. The molecule has 1 atom stereocenters. The van der Waals surface area contributed by atoms with E-state index < -0.39 is 17.8 Å². The van der Waals surface area contributed by atoms with E-state index in [1.165, 1.54) is 7.11 Å². The van der Waals surface area contributed by atoms with Crippen molar-refractivity contribution in [2.75, 3.05) is 14.2 Å². The summed E-state index contributed by atoms with van der Waals surface area (Å²) in [4.78, 5) is 46.8. The average molecular weight is 469 g/mol. The van der Waals surface area contributed by atoms with Gasteiger partial charge in [0.05, 0.1) is 20.3 Å². The first-order valence-corrected chi connectivity index (χ1v) is 10.4. The summed E-state index contributed by atoms with van der Waals surface area (Å²) in [5, 5.41) is 11.4. The number of hydrogen-bond acceptors (Lipinski definition) is 6. The fourth-order valence-electron chi connectivity index (χ4n) is 3.07. The monoisotopic (exact) mass is 469 g/mol. The third-order valence-corrected chi connectivity index (χ3v) is 4.84. The quantitative estimate of drug-likeness (QED) is 0.307. The van der Waals surface area contributed by atoms with Gasteiger partial charge < -0.3 is 19.9 Å². The van der Waals surface area contributed by atoms with Crippen LogP contribution in [0.25, 0.3) is 0 Å². The average Bonchev–Trinajstić information content (AvgIpc) is 2.84. The van der Waals surface area contributed by atoms with E-state index in [-0.39, 0.29) is 24.8 Å². The maximum absolute atomic E-state index is 12.9. The summed E-state index contributed by atoms with van der Waals surface area (Å²) in [5.41, 5.74) is 6.19. The molecule has 0 aliphatic carbocycles. The Hall–Kier alpha value is -4.34.